The van der Waals surface area contributed by atoms with E-state index in [1.807, 2.05) is 6.92 Å². The Morgan fingerprint density at radius 2 is 2.04 bits per heavy atom. The number of nitrogens with zero attached hydrogens (tertiary/aromatic N) is 3. The van der Waals surface area contributed by atoms with Gasteiger partial charge in [-0.15, -0.1) is 10.2 Å². The topological polar surface area (TPSA) is 86.9 Å². The van der Waals surface area contributed by atoms with E-state index >= 15 is 0 Å². The summed E-state index contributed by atoms with van der Waals surface area (Å²) in [6.07, 6.45) is 1.56. The summed E-state index contributed by atoms with van der Waals surface area (Å²) >= 11 is 1.17. The second-order valence-corrected chi connectivity index (χ2v) is 5.71. The first kappa shape index (κ1) is 15.3. The van der Waals surface area contributed by atoms with Gasteiger partial charge in [0.25, 0.3) is 0 Å². The van der Waals surface area contributed by atoms with Gasteiger partial charge in [0, 0.05) is 5.69 Å². The molecule has 2 N–H and O–H groups in total. The number of aryl methyl sites for hydroxylation is 1. The molecule has 0 aliphatic heterocycles. The molecule has 0 spiro atoms. The van der Waals surface area contributed by atoms with Crippen LogP contribution in [-0.2, 0) is 4.79 Å². The van der Waals surface area contributed by atoms with Crippen LogP contribution in [0.5, 0.6) is 0 Å². The maximum Gasteiger partial charge on any atom is 0.227 e. The summed E-state index contributed by atoms with van der Waals surface area (Å²) in [7, 11) is 0. The molecule has 23 heavy (non-hydrogen) atoms. The highest BCUT2D eigenvalue weighted by Crippen LogP contribution is 2.30. The second-order valence-electron chi connectivity index (χ2n) is 4.76. The van der Waals surface area contributed by atoms with Crippen molar-refractivity contribution in [3.8, 4) is 17.1 Å². The number of primary amides is 1. The summed E-state index contributed by atoms with van der Waals surface area (Å²) in [5.74, 6) is 0.518. The van der Waals surface area contributed by atoms with Gasteiger partial charge >= 0.3 is 0 Å². The highest BCUT2D eigenvalue weighted by Gasteiger charge is 2.19. The maximum absolute atomic E-state index is 13.2. The molecule has 8 heteroatoms. The molecule has 0 saturated carbocycles. The standard InChI is InChI=1S/C15H13FN4O2S/c1-9-12(6-7-22-9)14-18-19-15(23-8-13(17)21)20(14)11-4-2-10(16)3-5-11/h2-7H,8H2,1H3,(H2,17,21). The van der Waals surface area contributed by atoms with Gasteiger partial charge in [0.15, 0.2) is 11.0 Å². The Kier molecular flexibility index (Phi) is 4.16. The Morgan fingerprint density at radius 1 is 1.30 bits per heavy atom. The van der Waals surface area contributed by atoms with Gasteiger partial charge in [-0.25, -0.2) is 4.39 Å². The van der Waals surface area contributed by atoms with Gasteiger partial charge in [-0.1, -0.05) is 11.8 Å². The molecule has 0 saturated heterocycles. The molecule has 0 bridgehead atoms. The van der Waals surface area contributed by atoms with Crippen molar-refractivity contribution in [1.82, 2.24) is 14.8 Å². The molecule has 3 rings (SSSR count). The van der Waals surface area contributed by atoms with E-state index < -0.39 is 5.91 Å². The van der Waals surface area contributed by atoms with Crippen LogP contribution in [-0.4, -0.2) is 26.4 Å². The molecule has 6 nitrogen and oxygen atoms in total. The number of halogens is 1. The zero-order valence-electron chi connectivity index (χ0n) is 12.2. The Balaban J connectivity index is 2.11. The number of nitrogens with two attached hydrogens (primary N) is 1. The number of rotatable bonds is 5. The van der Waals surface area contributed by atoms with E-state index in [0.717, 1.165) is 5.56 Å². The zero-order chi connectivity index (χ0) is 16.4. The molecule has 0 unspecified atom stereocenters. The van der Waals surface area contributed by atoms with Crippen LogP contribution in [0.1, 0.15) is 5.76 Å². The predicted molar refractivity (Wildman–Crippen MR) is 83.7 cm³/mol. The third-order valence-electron chi connectivity index (χ3n) is 3.16. The molecule has 3 aromatic rings. The average molecular weight is 332 g/mol. The summed E-state index contributed by atoms with van der Waals surface area (Å²) in [4.78, 5) is 11.0. The number of amides is 1. The Bertz CT molecular complexity index is 842. The smallest absolute Gasteiger partial charge is 0.227 e. The molecule has 2 aromatic heterocycles. The summed E-state index contributed by atoms with van der Waals surface area (Å²) in [5, 5.41) is 8.79. The van der Waals surface area contributed by atoms with Crippen molar-refractivity contribution in [2.24, 2.45) is 5.73 Å². The molecular formula is C15H13FN4O2S. The van der Waals surface area contributed by atoms with E-state index in [1.54, 1.807) is 29.0 Å². The van der Waals surface area contributed by atoms with E-state index in [0.29, 0.717) is 22.4 Å². The predicted octanol–water partition coefficient (Wildman–Crippen LogP) is 2.55. The van der Waals surface area contributed by atoms with Gasteiger partial charge in [-0.3, -0.25) is 9.36 Å². The number of carbonyl (C=O) groups is 1. The number of aromatic nitrogens is 3. The Labute approximate surface area is 135 Å². The highest BCUT2D eigenvalue weighted by atomic mass is 32.2. The summed E-state index contributed by atoms with van der Waals surface area (Å²) in [6.45, 7) is 1.81. The number of carbonyl (C=O) groups excluding carboxylic acids is 1. The first-order valence-corrected chi connectivity index (χ1v) is 7.71. The first-order chi connectivity index (χ1) is 11.1. The van der Waals surface area contributed by atoms with Crippen molar-refractivity contribution in [1.29, 1.82) is 0 Å². The molecule has 118 valence electrons. The molecular weight excluding hydrogens is 319 g/mol. The summed E-state index contributed by atoms with van der Waals surface area (Å²) < 4.78 is 20.3. The minimum atomic E-state index is -0.454. The van der Waals surface area contributed by atoms with E-state index in [-0.39, 0.29) is 11.6 Å². The monoisotopic (exact) mass is 332 g/mol. The molecule has 2 heterocycles. The number of benzene rings is 1. The number of hydrogen-bond acceptors (Lipinski definition) is 5. The second kappa shape index (κ2) is 6.25. The van der Waals surface area contributed by atoms with E-state index in [1.165, 1.54) is 23.9 Å². The van der Waals surface area contributed by atoms with Crippen LogP contribution in [0.25, 0.3) is 17.1 Å². The fraction of sp³-hybridized carbons (Fsp3) is 0.133. The van der Waals surface area contributed by atoms with Gasteiger partial charge in [-0.2, -0.15) is 0 Å². The maximum atomic E-state index is 13.2. The van der Waals surface area contributed by atoms with E-state index in [4.69, 9.17) is 10.2 Å². The number of thioether (sulfide) groups is 1. The third kappa shape index (κ3) is 3.11. The minimum absolute atomic E-state index is 0.0731. The van der Waals surface area contributed by atoms with Gasteiger partial charge in [0.1, 0.15) is 11.6 Å². The van der Waals surface area contributed by atoms with Crippen LogP contribution in [0.3, 0.4) is 0 Å². The number of furan rings is 1. The fourth-order valence-corrected chi connectivity index (χ4v) is 2.80. The van der Waals surface area contributed by atoms with Crippen molar-refractivity contribution in [2.45, 2.75) is 12.1 Å². The van der Waals surface area contributed by atoms with Crippen LogP contribution in [0, 0.1) is 12.7 Å². The van der Waals surface area contributed by atoms with Crippen molar-refractivity contribution < 1.29 is 13.6 Å². The number of hydrogen-bond donors (Lipinski definition) is 1. The van der Waals surface area contributed by atoms with Crippen LogP contribution in [0.4, 0.5) is 4.39 Å². The molecule has 0 aliphatic rings. The van der Waals surface area contributed by atoms with Gasteiger partial charge < -0.3 is 10.2 Å². The minimum Gasteiger partial charge on any atom is -0.469 e. The lowest BCUT2D eigenvalue weighted by atomic mass is 10.2. The normalized spacial score (nSPS) is 10.9. The lowest BCUT2D eigenvalue weighted by Gasteiger charge is -2.09. The quantitative estimate of drug-likeness (QED) is 0.726. The lowest BCUT2D eigenvalue weighted by molar-refractivity contribution is -0.115. The van der Waals surface area contributed by atoms with Crippen molar-refractivity contribution >= 4 is 17.7 Å². The van der Waals surface area contributed by atoms with Gasteiger partial charge in [-0.05, 0) is 37.3 Å². The molecule has 0 radical (unpaired) electrons. The van der Waals surface area contributed by atoms with Crippen LogP contribution < -0.4 is 5.73 Å². The third-order valence-corrected chi connectivity index (χ3v) is 4.11. The van der Waals surface area contributed by atoms with Gasteiger partial charge in [0.05, 0.1) is 17.6 Å². The van der Waals surface area contributed by atoms with Crippen LogP contribution >= 0.6 is 11.8 Å². The molecule has 0 aliphatic carbocycles. The van der Waals surface area contributed by atoms with Crippen molar-refractivity contribution in [3.05, 3.63) is 48.2 Å². The van der Waals surface area contributed by atoms with Crippen LogP contribution in [0.2, 0.25) is 0 Å². The van der Waals surface area contributed by atoms with Crippen molar-refractivity contribution in [3.63, 3.8) is 0 Å². The molecule has 1 aromatic carbocycles. The largest absolute Gasteiger partial charge is 0.469 e. The molecule has 0 fully saturated rings. The lowest BCUT2D eigenvalue weighted by Crippen LogP contribution is -2.13. The van der Waals surface area contributed by atoms with Crippen molar-refractivity contribution in [2.75, 3.05) is 5.75 Å². The van der Waals surface area contributed by atoms with Crippen LogP contribution in [0.15, 0.2) is 46.2 Å². The zero-order valence-corrected chi connectivity index (χ0v) is 13.0. The Hall–Kier alpha value is -2.61. The van der Waals surface area contributed by atoms with E-state index in [2.05, 4.69) is 10.2 Å². The first-order valence-electron chi connectivity index (χ1n) is 6.73. The SMILES string of the molecule is Cc1occc1-c1nnc(SCC(N)=O)n1-c1ccc(F)cc1. The summed E-state index contributed by atoms with van der Waals surface area (Å²) in [6, 6.07) is 7.72. The Morgan fingerprint density at radius 3 is 2.65 bits per heavy atom. The fourth-order valence-electron chi connectivity index (χ4n) is 2.11. The van der Waals surface area contributed by atoms with E-state index in [9.17, 15) is 9.18 Å². The van der Waals surface area contributed by atoms with Gasteiger partial charge in [0.2, 0.25) is 5.91 Å². The molecule has 1 amide bonds. The highest BCUT2D eigenvalue weighted by molar-refractivity contribution is 7.99. The molecule has 0 atom stereocenters. The average Bonchev–Trinajstić information content (AvgIpc) is 3.11. The summed E-state index contributed by atoms with van der Waals surface area (Å²) in [5.41, 5.74) is 6.64.